The van der Waals surface area contributed by atoms with Crippen LogP contribution < -0.4 is 19.5 Å². The van der Waals surface area contributed by atoms with Crippen molar-refractivity contribution in [2.45, 2.75) is 12.8 Å². The molecule has 2 aliphatic heterocycles. The molecule has 5 aromatic rings. The third-order valence-corrected chi connectivity index (χ3v) is 8.19. The molecule has 0 bridgehead atoms. The first-order chi connectivity index (χ1) is 21.7. The van der Waals surface area contributed by atoms with E-state index in [4.69, 9.17) is 26.2 Å². The minimum atomic E-state index is -0.249. The molecule has 1 unspecified atom stereocenters. The van der Waals surface area contributed by atoms with Crippen molar-refractivity contribution < 1.29 is 9.47 Å². The maximum Gasteiger partial charge on any atom is 0.162 e. The smallest absolute Gasteiger partial charge is 0.162 e. The number of anilines is 3. The molecule has 0 radical (unpaired) electrons. The maximum absolute atomic E-state index is 6.28. The van der Waals surface area contributed by atoms with E-state index in [1.165, 1.54) is 5.69 Å². The number of nitrogens with zero attached hydrogens (tertiary/aromatic N) is 4. The van der Waals surface area contributed by atoms with Crippen molar-refractivity contribution in [1.29, 1.82) is 0 Å². The van der Waals surface area contributed by atoms with Crippen molar-refractivity contribution in [3.63, 3.8) is 0 Å². The molecule has 2 heterocycles. The van der Waals surface area contributed by atoms with Gasteiger partial charge in [-0.3, -0.25) is 4.90 Å². The largest absolute Gasteiger partial charge is 0.489 e. The Hall–Kier alpha value is -4.78. The van der Waals surface area contributed by atoms with Gasteiger partial charge in [-0.2, -0.15) is 5.10 Å². The fourth-order valence-corrected chi connectivity index (χ4v) is 5.83. The Kier molecular flexibility index (Phi) is 8.17. The Balaban J connectivity index is 1.28. The van der Waals surface area contributed by atoms with Crippen LogP contribution in [-0.4, -0.2) is 32.1 Å². The van der Waals surface area contributed by atoms with Gasteiger partial charge in [0.25, 0.3) is 0 Å². The summed E-state index contributed by atoms with van der Waals surface area (Å²) in [5.74, 6) is 1.67. The molecule has 1 fully saturated rings. The van der Waals surface area contributed by atoms with Crippen LogP contribution in [0, 0.1) is 0 Å². The first kappa shape index (κ1) is 28.0. The molecular weight excluding hydrogens is 568 g/mol. The van der Waals surface area contributed by atoms with Gasteiger partial charge < -0.3 is 14.4 Å². The van der Waals surface area contributed by atoms with Gasteiger partial charge in [0.2, 0.25) is 0 Å². The zero-order valence-corrected chi connectivity index (χ0v) is 25.1. The van der Waals surface area contributed by atoms with Gasteiger partial charge in [-0.15, -0.1) is 0 Å². The van der Waals surface area contributed by atoms with E-state index >= 15 is 0 Å². The van der Waals surface area contributed by atoms with Crippen LogP contribution in [0.1, 0.15) is 22.9 Å². The Labute approximate surface area is 263 Å². The normalized spacial score (nSPS) is 16.6. The number of halogens is 1. The lowest BCUT2D eigenvalue weighted by Gasteiger charge is -2.33. The fourth-order valence-electron chi connectivity index (χ4n) is 5.71. The summed E-state index contributed by atoms with van der Waals surface area (Å²) in [7, 11) is 0. The summed E-state index contributed by atoms with van der Waals surface area (Å²) in [6.45, 7) is 3.75. The van der Waals surface area contributed by atoms with E-state index in [2.05, 4.69) is 106 Å². The van der Waals surface area contributed by atoms with Crippen LogP contribution in [0.25, 0.3) is 0 Å². The monoisotopic (exact) mass is 600 g/mol. The average Bonchev–Trinajstić information content (AvgIpc) is 3.50. The van der Waals surface area contributed by atoms with Crippen molar-refractivity contribution >= 4 is 34.5 Å². The molecule has 44 heavy (non-hydrogen) atoms. The second-order valence-corrected chi connectivity index (χ2v) is 11.3. The van der Waals surface area contributed by atoms with Crippen molar-refractivity contribution in [2.75, 3.05) is 41.1 Å². The Morgan fingerprint density at radius 1 is 0.705 bits per heavy atom. The van der Waals surface area contributed by atoms with Gasteiger partial charge in [0, 0.05) is 40.6 Å². The van der Waals surface area contributed by atoms with Gasteiger partial charge in [-0.1, -0.05) is 84.4 Å². The predicted molar refractivity (Wildman–Crippen MR) is 179 cm³/mol. The van der Waals surface area contributed by atoms with E-state index in [0.717, 1.165) is 66.0 Å². The van der Waals surface area contributed by atoms with Crippen molar-refractivity contribution in [1.82, 2.24) is 0 Å². The van der Waals surface area contributed by atoms with Crippen LogP contribution in [0.3, 0.4) is 0 Å². The van der Waals surface area contributed by atoms with Crippen molar-refractivity contribution in [3.8, 4) is 5.75 Å². The molecule has 1 saturated heterocycles. The van der Waals surface area contributed by atoms with Crippen LogP contribution in [0.2, 0.25) is 5.02 Å². The standard InChI is InChI=1S/C37H33ClN4O2/c38-31-16-14-28(15-17-31)27-44-35-13-7-10-30(26-35)37-41(33-20-18-32(19-21-33)40-22-24-43-25-23-40)36(29-8-3-1-4-9-29)39-42(37)34-11-5-2-6-12-34/h1-21,26,37H,22-25,27H2. The van der Waals surface area contributed by atoms with Gasteiger partial charge in [0.05, 0.1) is 18.9 Å². The summed E-state index contributed by atoms with van der Waals surface area (Å²) in [6, 6.07) is 45.6. The number of hydrogen-bond acceptors (Lipinski definition) is 6. The molecular formula is C37H33ClN4O2. The summed E-state index contributed by atoms with van der Waals surface area (Å²) in [4.78, 5) is 4.70. The van der Waals surface area contributed by atoms with Gasteiger partial charge in [0.15, 0.2) is 12.0 Å². The molecule has 0 spiro atoms. The van der Waals surface area contributed by atoms with Crippen LogP contribution in [0.5, 0.6) is 5.75 Å². The van der Waals surface area contributed by atoms with Crippen LogP contribution in [0.4, 0.5) is 17.1 Å². The molecule has 0 saturated carbocycles. The minimum Gasteiger partial charge on any atom is -0.489 e. The number of hydrazone groups is 1. The first-order valence-corrected chi connectivity index (χ1v) is 15.3. The number of rotatable bonds is 8. The summed E-state index contributed by atoms with van der Waals surface area (Å²) >= 11 is 6.09. The third kappa shape index (κ3) is 6.00. The Morgan fingerprint density at radius 3 is 2.11 bits per heavy atom. The van der Waals surface area contributed by atoms with Crippen molar-refractivity contribution in [2.24, 2.45) is 5.10 Å². The zero-order valence-electron chi connectivity index (χ0n) is 24.3. The van der Waals surface area contributed by atoms with E-state index in [1.54, 1.807) is 0 Å². The summed E-state index contributed by atoms with van der Waals surface area (Å²) in [6.07, 6.45) is -0.249. The number of ether oxygens (including phenoxy) is 2. The number of hydrogen-bond donors (Lipinski definition) is 0. The summed E-state index contributed by atoms with van der Waals surface area (Å²) in [5, 5.41) is 8.10. The molecule has 6 nitrogen and oxygen atoms in total. The van der Waals surface area contributed by atoms with Crippen molar-refractivity contribution in [3.05, 3.63) is 155 Å². The highest BCUT2D eigenvalue weighted by Gasteiger charge is 2.38. The topological polar surface area (TPSA) is 40.5 Å². The fraction of sp³-hybridized carbons (Fsp3) is 0.162. The van der Waals surface area contributed by atoms with Gasteiger partial charge in [-0.05, 0) is 66.2 Å². The quantitative estimate of drug-likeness (QED) is 0.180. The van der Waals surface area contributed by atoms with Gasteiger partial charge in [-0.25, -0.2) is 5.01 Å². The molecule has 0 aliphatic carbocycles. The second-order valence-electron chi connectivity index (χ2n) is 10.8. The summed E-state index contributed by atoms with van der Waals surface area (Å²) < 4.78 is 11.9. The molecule has 5 aromatic carbocycles. The third-order valence-electron chi connectivity index (χ3n) is 7.94. The molecule has 7 rings (SSSR count). The maximum atomic E-state index is 6.28. The molecule has 0 aromatic heterocycles. The van der Waals surface area contributed by atoms with Gasteiger partial charge >= 0.3 is 0 Å². The van der Waals surface area contributed by atoms with E-state index in [9.17, 15) is 0 Å². The highest BCUT2D eigenvalue weighted by molar-refractivity contribution is 6.30. The van der Waals surface area contributed by atoms with Crippen LogP contribution in [0.15, 0.2) is 139 Å². The minimum absolute atomic E-state index is 0.249. The second kappa shape index (κ2) is 12.8. The Bertz CT molecular complexity index is 1710. The van der Waals surface area contributed by atoms with E-state index in [1.807, 2.05) is 42.5 Å². The number of para-hydroxylation sites is 1. The Morgan fingerprint density at radius 2 is 1.39 bits per heavy atom. The van der Waals surface area contributed by atoms with Crippen LogP contribution in [-0.2, 0) is 11.3 Å². The lowest BCUT2D eigenvalue weighted by molar-refractivity contribution is 0.122. The van der Waals surface area contributed by atoms with Crippen LogP contribution >= 0.6 is 11.6 Å². The molecule has 220 valence electrons. The lowest BCUT2D eigenvalue weighted by Crippen LogP contribution is -2.37. The number of amidine groups is 1. The highest BCUT2D eigenvalue weighted by atomic mass is 35.5. The number of benzene rings is 5. The number of morpholine rings is 1. The average molecular weight is 601 g/mol. The molecule has 0 N–H and O–H groups in total. The van der Waals surface area contributed by atoms with Gasteiger partial charge in [0.1, 0.15) is 12.4 Å². The molecule has 2 aliphatic rings. The summed E-state index contributed by atoms with van der Waals surface area (Å²) in [5.41, 5.74) is 6.43. The molecule has 0 amide bonds. The van der Waals surface area contributed by atoms with E-state index in [-0.39, 0.29) is 6.17 Å². The zero-order chi connectivity index (χ0) is 29.7. The SMILES string of the molecule is Clc1ccc(COc2cccc(C3N(c4ccccc4)N=C(c4ccccc4)N3c3ccc(N4CCOCC4)cc3)c2)cc1. The van der Waals surface area contributed by atoms with E-state index < -0.39 is 0 Å². The molecule has 1 atom stereocenters. The lowest BCUT2D eigenvalue weighted by atomic mass is 10.1. The predicted octanol–water partition coefficient (Wildman–Crippen LogP) is 8.14. The first-order valence-electron chi connectivity index (χ1n) is 14.9. The van der Waals surface area contributed by atoms with E-state index in [0.29, 0.717) is 11.6 Å². The highest BCUT2D eigenvalue weighted by Crippen LogP contribution is 2.41. The molecule has 7 heteroatoms.